The largest absolute Gasteiger partial charge is 0.311 e. The van der Waals surface area contributed by atoms with Gasteiger partial charge in [-0.1, -0.05) is 38.3 Å². The van der Waals surface area contributed by atoms with Crippen LogP contribution in [0.1, 0.15) is 55.8 Å². The molecule has 0 spiro atoms. The van der Waals surface area contributed by atoms with Crippen molar-refractivity contribution >= 4 is 17.4 Å². The summed E-state index contributed by atoms with van der Waals surface area (Å²) in [6, 6.07) is 7.50. The normalized spacial score (nSPS) is 21.4. The average Bonchev–Trinajstić information content (AvgIpc) is 2.48. The minimum Gasteiger partial charge on any atom is -0.311 e. The Morgan fingerprint density at radius 2 is 1.85 bits per heavy atom. The van der Waals surface area contributed by atoms with Crippen LogP contribution in [0.4, 0.5) is 5.69 Å². The van der Waals surface area contributed by atoms with E-state index in [9.17, 15) is 9.59 Å². The summed E-state index contributed by atoms with van der Waals surface area (Å²) in [6.07, 6.45) is 5.89. The second kappa shape index (κ2) is 5.04. The van der Waals surface area contributed by atoms with Gasteiger partial charge in [0.05, 0.1) is 5.69 Å². The molecule has 0 N–H and O–H groups in total. The molecule has 1 aliphatic carbocycles. The molecule has 0 saturated heterocycles. The maximum atomic E-state index is 13.0. The number of benzene rings is 1. The maximum absolute atomic E-state index is 13.0. The van der Waals surface area contributed by atoms with Crippen LogP contribution in [0.5, 0.6) is 0 Å². The monoisotopic (exact) mass is 271 g/mol. The number of fused-ring (bicyclic) bond motifs is 1. The van der Waals surface area contributed by atoms with Gasteiger partial charge in [-0.25, -0.2) is 0 Å². The summed E-state index contributed by atoms with van der Waals surface area (Å²) < 4.78 is 0. The molecule has 1 amide bonds. The predicted molar refractivity (Wildman–Crippen MR) is 78.9 cm³/mol. The van der Waals surface area contributed by atoms with Gasteiger partial charge in [-0.05, 0) is 25.0 Å². The molecule has 0 bridgehead atoms. The molecule has 1 saturated carbocycles. The highest BCUT2D eigenvalue weighted by atomic mass is 16.2. The number of carbonyl (C=O) groups excluding carboxylic acids is 2. The third kappa shape index (κ3) is 2.15. The number of anilines is 1. The van der Waals surface area contributed by atoms with Crippen LogP contribution in [-0.2, 0) is 4.79 Å². The van der Waals surface area contributed by atoms with Crippen molar-refractivity contribution in [2.75, 3.05) is 11.4 Å². The molecule has 1 fully saturated rings. The first-order valence-corrected chi connectivity index (χ1v) is 7.56. The summed E-state index contributed by atoms with van der Waals surface area (Å²) >= 11 is 0. The van der Waals surface area contributed by atoms with Crippen LogP contribution in [0.15, 0.2) is 24.3 Å². The fourth-order valence-electron chi connectivity index (χ4n) is 3.50. The second-order valence-corrected chi connectivity index (χ2v) is 6.27. The van der Waals surface area contributed by atoms with Crippen molar-refractivity contribution in [3.63, 3.8) is 0 Å². The quantitative estimate of drug-likeness (QED) is 0.783. The number of rotatable bonds is 1. The first kappa shape index (κ1) is 13.3. The topological polar surface area (TPSA) is 37.4 Å². The van der Waals surface area contributed by atoms with E-state index < -0.39 is 0 Å². The molecular formula is C17H21NO2. The molecule has 0 radical (unpaired) electrons. The first-order valence-electron chi connectivity index (χ1n) is 7.56. The van der Waals surface area contributed by atoms with E-state index in [0.29, 0.717) is 18.5 Å². The lowest BCUT2D eigenvalue weighted by molar-refractivity contribution is -0.129. The Morgan fingerprint density at radius 3 is 2.60 bits per heavy atom. The number of hydrogen-bond acceptors (Lipinski definition) is 2. The predicted octanol–water partition coefficient (Wildman–Crippen LogP) is 3.58. The summed E-state index contributed by atoms with van der Waals surface area (Å²) in [5.74, 6) is 0.357. The number of ketones is 1. The van der Waals surface area contributed by atoms with Gasteiger partial charge in [0.15, 0.2) is 5.78 Å². The van der Waals surface area contributed by atoms with E-state index in [1.54, 1.807) is 0 Å². The van der Waals surface area contributed by atoms with E-state index >= 15 is 0 Å². The van der Waals surface area contributed by atoms with Crippen molar-refractivity contribution in [2.24, 2.45) is 5.41 Å². The molecule has 3 rings (SSSR count). The molecule has 0 unspecified atom stereocenters. The lowest BCUT2D eigenvalue weighted by atomic mass is 9.74. The van der Waals surface area contributed by atoms with E-state index in [0.717, 1.165) is 31.4 Å². The molecule has 3 heteroatoms. The smallest absolute Gasteiger partial charge is 0.232 e. The summed E-state index contributed by atoms with van der Waals surface area (Å²) in [4.78, 5) is 26.8. The average molecular weight is 271 g/mol. The van der Waals surface area contributed by atoms with Crippen LogP contribution in [0.25, 0.3) is 0 Å². The van der Waals surface area contributed by atoms with E-state index in [1.807, 2.05) is 29.2 Å². The SMILES string of the molecule is CC1(C(=O)N2CCC(=O)c3ccccc32)CCCCC1. The van der Waals surface area contributed by atoms with E-state index in [-0.39, 0.29) is 17.1 Å². The van der Waals surface area contributed by atoms with Gasteiger partial charge < -0.3 is 4.90 Å². The van der Waals surface area contributed by atoms with Crippen LogP contribution in [-0.4, -0.2) is 18.2 Å². The van der Waals surface area contributed by atoms with Gasteiger partial charge >= 0.3 is 0 Å². The Hall–Kier alpha value is -1.64. The van der Waals surface area contributed by atoms with Crippen molar-refractivity contribution in [3.8, 4) is 0 Å². The van der Waals surface area contributed by atoms with Crippen LogP contribution in [0.3, 0.4) is 0 Å². The zero-order valence-corrected chi connectivity index (χ0v) is 12.0. The fraction of sp³-hybridized carbons (Fsp3) is 0.529. The van der Waals surface area contributed by atoms with Crippen molar-refractivity contribution in [1.29, 1.82) is 0 Å². The molecule has 1 heterocycles. The van der Waals surface area contributed by atoms with Gasteiger partial charge in [0.25, 0.3) is 0 Å². The highest BCUT2D eigenvalue weighted by Gasteiger charge is 2.40. The van der Waals surface area contributed by atoms with E-state index in [4.69, 9.17) is 0 Å². The first-order chi connectivity index (χ1) is 9.62. The lowest BCUT2D eigenvalue weighted by Gasteiger charge is -2.39. The van der Waals surface area contributed by atoms with Crippen LogP contribution >= 0.6 is 0 Å². The van der Waals surface area contributed by atoms with Crippen LogP contribution in [0.2, 0.25) is 0 Å². The van der Waals surface area contributed by atoms with Gasteiger partial charge in [-0.3, -0.25) is 9.59 Å². The number of hydrogen-bond donors (Lipinski definition) is 0. The molecular weight excluding hydrogens is 250 g/mol. The number of amides is 1. The third-order valence-corrected chi connectivity index (χ3v) is 4.78. The van der Waals surface area contributed by atoms with Crippen molar-refractivity contribution in [3.05, 3.63) is 29.8 Å². The lowest BCUT2D eigenvalue weighted by Crippen LogP contribution is -2.46. The Balaban J connectivity index is 1.93. The molecule has 0 aromatic heterocycles. The maximum Gasteiger partial charge on any atom is 0.232 e. The summed E-state index contributed by atoms with van der Waals surface area (Å²) in [5.41, 5.74) is 1.26. The van der Waals surface area contributed by atoms with Gasteiger partial charge in [-0.2, -0.15) is 0 Å². The Labute approximate surface area is 120 Å². The molecule has 106 valence electrons. The van der Waals surface area contributed by atoms with Crippen molar-refractivity contribution in [1.82, 2.24) is 0 Å². The van der Waals surface area contributed by atoms with E-state index in [2.05, 4.69) is 6.92 Å². The Morgan fingerprint density at radius 1 is 1.15 bits per heavy atom. The zero-order valence-electron chi connectivity index (χ0n) is 12.0. The van der Waals surface area contributed by atoms with E-state index in [1.165, 1.54) is 6.42 Å². The van der Waals surface area contributed by atoms with Gasteiger partial charge in [0.2, 0.25) is 5.91 Å². The number of carbonyl (C=O) groups is 2. The van der Waals surface area contributed by atoms with Gasteiger partial charge in [0.1, 0.15) is 0 Å². The molecule has 3 nitrogen and oxygen atoms in total. The number of Topliss-reactive ketones (excluding diaryl/α,β-unsaturated/α-hetero) is 1. The highest BCUT2D eigenvalue weighted by Crippen LogP contribution is 2.40. The second-order valence-electron chi connectivity index (χ2n) is 6.27. The summed E-state index contributed by atoms with van der Waals surface area (Å²) in [6.45, 7) is 2.62. The fourth-order valence-corrected chi connectivity index (χ4v) is 3.50. The minimum atomic E-state index is -0.244. The molecule has 1 aliphatic heterocycles. The van der Waals surface area contributed by atoms with Gasteiger partial charge in [-0.15, -0.1) is 0 Å². The minimum absolute atomic E-state index is 0.151. The number of para-hydroxylation sites is 1. The Bertz CT molecular complexity index is 544. The molecule has 1 aromatic carbocycles. The van der Waals surface area contributed by atoms with Crippen LogP contribution in [0, 0.1) is 5.41 Å². The number of nitrogens with zero attached hydrogens (tertiary/aromatic N) is 1. The summed E-state index contributed by atoms with van der Waals surface area (Å²) in [5, 5.41) is 0. The summed E-state index contributed by atoms with van der Waals surface area (Å²) in [7, 11) is 0. The van der Waals surface area contributed by atoms with Crippen molar-refractivity contribution < 1.29 is 9.59 Å². The standard InChI is InChI=1S/C17H21NO2/c1-17(10-5-2-6-11-17)16(20)18-12-9-15(19)13-7-3-4-8-14(13)18/h3-4,7-8H,2,5-6,9-12H2,1H3. The molecule has 20 heavy (non-hydrogen) atoms. The molecule has 2 aliphatic rings. The zero-order chi connectivity index (χ0) is 14.2. The molecule has 1 aromatic rings. The third-order valence-electron chi connectivity index (χ3n) is 4.78. The van der Waals surface area contributed by atoms with Crippen LogP contribution < -0.4 is 4.90 Å². The molecule has 0 atom stereocenters. The van der Waals surface area contributed by atoms with Crippen molar-refractivity contribution in [2.45, 2.75) is 45.4 Å². The Kier molecular flexibility index (Phi) is 3.36. The highest BCUT2D eigenvalue weighted by molar-refractivity contribution is 6.09. The van der Waals surface area contributed by atoms with Gasteiger partial charge in [0, 0.05) is 23.9 Å².